The molecule has 0 saturated heterocycles. The van der Waals surface area contributed by atoms with Crippen molar-refractivity contribution in [1.29, 1.82) is 0 Å². The van der Waals surface area contributed by atoms with Gasteiger partial charge in [-0.3, -0.25) is 5.01 Å². The molecule has 0 aromatic heterocycles. The molecule has 1 aromatic rings. The summed E-state index contributed by atoms with van der Waals surface area (Å²) < 4.78 is 0. The molecule has 0 spiro atoms. The molecule has 0 saturated carbocycles. The first kappa shape index (κ1) is 6.49. The highest BCUT2D eigenvalue weighted by atomic mass is 15.5. The number of anilines is 2. The number of rotatable bonds is 0. The zero-order valence-corrected chi connectivity index (χ0v) is 6.49. The molecular weight excluding hydrogens is 138 g/mol. The van der Waals surface area contributed by atoms with Crippen LogP contribution in [-0.4, -0.2) is 13.7 Å². The first-order valence-corrected chi connectivity index (χ1v) is 3.61. The molecule has 0 amide bonds. The zero-order valence-electron chi connectivity index (χ0n) is 6.49. The fraction of sp³-hybridized carbons (Fsp3) is 0.250. The molecule has 1 aliphatic rings. The van der Waals surface area contributed by atoms with E-state index in [-0.39, 0.29) is 0 Å². The minimum absolute atomic E-state index is 0.777. The van der Waals surface area contributed by atoms with Crippen LogP contribution >= 0.6 is 0 Å². The average Bonchev–Trinajstić information content (AvgIpc) is 2.30. The summed E-state index contributed by atoms with van der Waals surface area (Å²) in [6.45, 7) is 0.777. The van der Waals surface area contributed by atoms with Gasteiger partial charge < -0.3 is 4.90 Å². The lowest BCUT2D eigenvalue weighted by molar-refractivity contribution is 0.863. The van der Waals surface area contributed by atoms with E-state index in [9.17, 15) is 0 Å². The standard InChI is InChI=1S/C8H11N3/c1-10-6-11(9)8-5-3-2-4-7(8)10/h2-5H,6,9H2,1H3. The van der Waals surface area contributed by atoms with E-state index < -0.39 is 0 Å². The molecule has 0 fully saturated rings. The monoisotopic (exact) mass is 149 g/mol. The van der Waals surface area contributed by atoms with E-state index in [0.717, 1.165) is 12.4 Å². The van der Waals surface area contributed by atoms with E-state index in [1.807, 2.05) is 25.2 Å². The summed E-state index contributed by atoms with van der Waals surface area (Å²) >= 11 is 0. The summed E-state index contributed by atoms with van der Waals surface area (Å²) in [6.07, 6.45) is 0. The van der Waals surface area contributed by atoms with E-state index in [1.165, 1.54) is 5.69 Å². The maximum atomic E-state index is 5.73. The number of hydrazine groups is 1. The summed E-state index contributed by atoms with van der Waals surface area (Å²) in [6, 6.07) is 8.12. The second kappa shape index (κ2) is 2.13. The second-order valence-electron chi connectivity index (χ2n) is 2.80. The molecule has 2 rings (SSSR count). The molecule has 58 valence electrons. The number of hydrogen-bond acceptors (Lipinski definition) is 3. The lowest BCUT2D eigenvalue weighted by atomic mass is 10.3. The molecule has 0 unspecified atom stereocenters. The number of hydrogen-bond donors (Lipinski definition) is 1. The lowest BCUT2D eigenvalue weighted by Crippen LogP contribution is -2.33. The number of benzene rings is 1. The predicted molar refractivity (Wildman–Crippen MR) is 46.4 cm³/mol. The molecule has 1 heterocycles. The Morgan fingerprint density at radius 2 is 1.91 bits per heavy atom. The van der Waals surface area contributed by atoms with Gasteiger partial charge in [0.1, 0.15) is 6.67 Å². The van der Waals surface area contributed by atoms with Crippen LogP contribution in [0.5, 0.6) is 0 Å². The van der Waals surface area contributed by atoms with Crippen LogP contribution in [0.4, 0.5) is 11.4 Å². The summed E-state index contributed by atoms with van der Waals surface area (Å²) in [4.78, 5) is 2.12. The van der Waals surface area contributed by atoms with Crippen molar-refractivity contribution in [1.82, 2.24) is 0 Å². The Hall–Kier alpha value is -1.22. The molecule has 3 heteroatoms. The molecule has 0 bridgehead atoms. The SMILES string of the molecule is CN1CN(N)c2ccccc21. The maximum absolute atomic E-state index is 5.73. The number of para-hydroxylation sites is 2. The van der Waals surface area contributed by atoms with E-state index in [1.54, 1.807) is 5.01 Å². The van der Waals surface area contributed by atoms with Gasteiger partial charge in [0.2, 0.25) is 0 Å². The summed E-state index contributed by atoms with van der Waals surface area (Å²) in [5, 5.41) is 1.75. The fourth-order valence-electron chi connectivity index (χ4n) is 1.41. The largest absolute Gasteiger partial charge is 0.354 e. The van der Waals surface area contributed by atoms with Gasteiger partial charge in [0.25, 0.3) is 0 Å². The van der Waals surface area contributed by atoms with Gasteiger partial charge in [-0.05, 0) is 12.1 Å². The van der Waals surface area contributed by atoms with Crippen LogP contribution in [0.2, 0.25) is 0 Å². The van der Waals surface area contributed by atoms with Crippen molar-refractivity contribution in [2.75, 3.05) is 23.6 Å². The smallest absolute Gasteiger partial charge is 0.105 e. The molecular formula is C8H11N3. The van der Waals surface area contributed by atoms with Crippen molar-refractivity contribution >= 4 is 11.4 Å². The normalized spacial score (nSPS) is 15.5. The second-order valence-corrected chi connectivity index (χ2v) is 2.80. The third-order valence-electron chi connectivity index (χ3n) is 1.97. The summed E-state index contributed by atoms with van der Waals surface area (Å²) in [7, 11) is 2.03. The Balaban J connectivity index is 2.52. The number of nitrogens with zero attached hydrogens (tertiary/aromatic N) is 2. The molecule has 3 nitrogen and oxygen atoms in total. The minimum Gasteiger partial charge on any atom is -0.354 e. The van der Waals surface area contributed by atoms with Crippen molar-refractivity contribution in [2.45, 2.75) is 0 Å². The van der Waals surface area contributed by atoms with Gasteiger partial charge in [0, 0.05) is 7.05 Å². The first-order valence-electron chi connectivity index (χ1n) is 3.61. The molecule has 2 N–H and O–H groups in total. The fourth-order valence-corrected chi connectivity index (χ4v) is 1.41. The van der Waals surface area contributed by atoms with Crippen molar-refractivity contribution in [3.05, 3.63) is 24.3 Å². The maximum Gasteiger partial charge on any atom is 0.105 e. The lowest BCUT2D eigenvalue weighted by Gasteiger charge is -2.11. The van der Waals surface area contributed by atoms with E-state index in [0.29, 0.717) is 0 Å². The Bertz CT molecular complexity index is 245. The van der Waals surface area contributed by atoms with Gasteiger partial charge in [-0.25, -0.2) is 5.84 Å². The molecule has 11 heavy (non-hydrogen) atoms. The molecule has 0 aliphatic carbocycles. The van der Waals surface area contributed by atoms with Crippen molar-refractivity contribution in [2.24, 2.45) is 5.84 Å². The topological polar surface area (TPSA) is 32.5 Å². The number of nitrogens with two attached hydrogens (primary N) is 1. The van der Waals surface area contributed by atoms with Crippen LogP contribution in [0.1, 0.15) is 0 Å². The number of fused-ring (bicyclic) bond motifs is 1. The average molecular weight is 149 g/mol. The van der Waals surface area contributed by atoms with E-state index in [2.05, 4.69) is 11.0 Å². The van der Waals surface area contributed by atoms with E-state index in [4.69, 9.17) is 5.84 Å². The van der Waals surface area contributed by atoms with Crippen LogP contribution < -0.4 is 15.8 Å². The quantitative estimate of drug-likeness (QED) is 0.553. The molecule has 0 atom stereocenters. The molecule has 1 aliphatic heterocycles. The first-order chi connectivity index (χ1) is 5.29. The van der Waals surface area contributed by atoms with Crippen molar-refractivity contribution in [3.63, 3.8) is 0 Å². The van der Waals surface area contributed by atoms with Gasteiger partial charge in [-0.1, -0.05) is 12.1 Å². The Morgan fingerprint density at radius 1 is 1.27 bits per heavy atom. The zero-order chi connectivity index (χ0) is 7.84. The highest BCUT2D eigenvalue weighted by molar-refractivity contribution is 5.74. The van der Waals surface area contributed by atoms with Gasteiger partial charge in [-0.2, -0.15) is 0 Å². The Labute approximate surface area is 66.0 Å². The van der Waals surface area contributed by atoms with Crippen LogP contribution in [0, 0.1) is 0 Å². The Kier molecular flexibility index (Phi) is 1.26. The molecule has 1 aromatic carbocycles. The highest BCUT2D eigenvalue weighted by Gasteiger charge is 2.18. The predicted octanol–water partition coefficient (Wildman–Crippen LogP) is 0.774. The Morgan fingerprint density at radius 3 is 2.55 bits per heavy atom. The highest BCUT2D eigenvalue weighted by Crippen LogP contribution is 2.31. The summed E-state index contributed by atoms with van der Waals surface area (Å²) in [5.74, 6) is 5.73. The molecule has 0 radical (unpaired) electrons. The third-order valence-corrected chi connectivity index (χ3v) is 1.97. The van der Waals surface area contributed by atoms with E-state index >= 15 is 0 Å². The van der Waals surface area contributed by atoms with Crippen LogP contribution in [0.15, 0.2) is 24.3 Å². The van der Waals surface area contributed by atoms with Gasteiger partial charge >= 0.3 is 0 Å². The van der Waals surface area contributed by atoms with Gasteiger partial charge in [0.05, 0.1) is 11.4 Å². The van der Waals surface area contributed by atoms with Crippen LogP contribution in [0.3, 0.4) is 0 Å². The summed E-state index contributed by atoms with van der Waals surface area (Å²) in [5.41, 5.74) is 2.31. The van der Waals surface area contributed by atoms with Crippen LogP contribution in [0.25, 0.3) is 0 Å². The third kappa shape index (κ3) is 0.851. The van der Waals surface area contributed by atoms with Gasteiger partial charge in [0.15, 0.2) is 0 Å². The van der Waals surface area contributed by atoms with Crippen LogP contribution in [-0.2, 0) is 0 Å². The van der Waals surface area contributed by atoms with Gasteiger partial charge in [-0.15, -0.1) is 0 Å². The minimum atomic E-state index is 0.777. The van der Waals surface area contributed by atoms with Crippen molar-refractivity contribution in [3.8, 4) is 0 Å². The van der Waals surface area contributed by atoms with Crippen molar-refractivity contribution < 1.29 is 0 Å².